The summed E-state index contributed by atoms with van der Waals surface area (Å²) in [7, 11) is 0. The third-order valence-corrected chi connectivity index (χ3v) is 10.7. The fourth-order valence-electron chi connectivity index (χ4n) is 6.49. The van der Waals surface area contributed by atoms with E-state index >= 15 is 0 Å². The van der Waals surface area contributed by atoms with Gasteiger partial charge in [-0.15, -0.1) is 0 Å². The fraction of sp³-hybridized carbons (Fsp3) is 1.00. The third kappa shape index (κ3) is 40.4. The van der Waals surface area contributed by atoms with E-state index in [9.17, 15) is 0 Å². The van der Waals surface area contributed by atoms with Gasteiger partial charge in [0.05, 0.1) is 0 Å². The smallest absolute Gasteiger partial charge is 0.00675 e. The minimum absolute atomic E-state index is 1.37. The van der Waals surface area contributed by atoms with Gasteiger partial charge in [0, 0.05) is 0 Å². The third-order valence-electron chi connectivity index (χ3n) is 9.53. The highest BCUT2D eigenvalue weighted by Gasteiger charge is 1.98. The standard InChI is InChI=1S/C41H84S/c1-3-5-7-9-11-13-15-16-17-18-19-20-21-22-23-24-25-26-27-28-29-31-33-35-37-39-41-42-40-38-36-34-32-30-14-12-10-8-6-4-2/h3-41H2,1-2H3. The summed E-state index contributed by atoms with van der Waals surface area (Å²) in [5.74, 6) is 2.83. The van der Waals surface area contributed by atoms with E-state index < -0.39 is 0 Å². The van der Waals surface area contributed by atoms with Crippen LogP contribution in [0.2, 0.25) is 0 Å². The Bertz CT molecular complexity index is 393. The quantitative estimate of drug-likeness (QED) is 0.0625. The van der Waals surface area contributed by atoms with E-state index in [1.165, 1.54) is 249 Å². The Hall–Kier alpha value is 0.350. The lowest BCUT2D eigenvalue weighted by Crippen LogP contribution is -1.87. The van der Waals surface area contributed by atoms with E-state index in [0.717, 1.165) is 0 Å². The van der Waals surface area contributed by atoms with Crippen molar-refractivity contribution in [2.24, 2.45) is 0 Å². The van der Waals surface area contributed by atoms with Gasteiger partial charge < -0.3 is 0 Å². The van der Waals surface area contributed by atoms with Crippen LogP contribution in [-0.4, -0.2) is 11.5 Å². The minimum atomic E-state index is 1.37. The van der Waals surface area contributed by atoms with Crippen LogP contribution >= 0.6 is 11.8 Å². The van der Waals surface area contributed by atoms with Crippen molar-refractivity contribution in [1.29, 1.82) is 0 Å². The number of hydrogen-bond donors (Lipinski definition) is 0. The molecular formula is C41H84S. The molecule has 0 aliphatic heterocycles. The molecule has 0 radical (unpaired) electrons. The maximum atomic E-state index is 2.31. The average molecular weight is 609 g/mol. The second-order valence-electron chi connectivity index (χ2n) is 14.0. The first kappa shape index (κ1) is 42.3. The maximum absolute atomic E-state index is 2.31. The molecule has 1 heteroatoms. The van der Waals surface area contributed by atoms with E-state index in [4.69, 9.17) is 0 Å². The summed E-state index contributed by atoms with van der Waals surface area (Å²) < 4.78 is 0. The van der Waals surface area contributed by atoms with E-state index in [0.29, 0.717) is 0 Å². The molecule has 0 unspecified atom stereocenters. The molecule has 0 spiro atoms. The summed E-state index contributed by atoms with van der Waals surface area (Å²) in [4.78, 5) is 0. The molecule has 0 aromatic rings. The first-order chi connectivity index (χ1) is 20.9. The first-order valence-corrected chi connectivity index (χ1v) is 21.6. The molecule has 42 heavy (non-hydrogen) atoms. The number of hydrogen-bond acceptors (Lipinski definition) is 1. The molecule has 0 saturated carbocycles. The van der Waals surface area contributed by atoms with Crippen LogP contribution in [-0.2, 0) is 0 Å². The zero-order valence-corrected chi connectivity index (χ0v) is 30.8. The van der Waals surface area contributed by atoms with Crippen molar-refractivity contribution in [2.45, 2.75) is 251 Å². The van der Waals surface area contributed by atoms with Crippen molar-refractivity contribution >= 4 is 11.8 Å². The molecule has 0 aliphatic rings. The molecular weight excluding hydrogens is 525 g/mol. The highest BCUT2D eigenvalue weighted by atomic mass is 32.2. The summed E-state index contributed by atoms with van der Waals surface area (Å²) in [5.41, 5.74) is 0. The van der Waals surface area contributed by atoms with Gasteiger partial charge in [0.1, 0.15) is 0 Å². The van der Waals surface area contributed by atoms with Crippen LogP contribution in [0.25, 0.3) is 0 Å². The Morgan fingerprint density at radius 1 is 0.190 bits per heavy atom. The van der Waals surface area contributed by atoms with Gasteiger partial charge in [-0.3, -0.25) is 0 Å². The highest BCUT2D eigenvalue weighted by molar-refractivity contribution is 7.99. The van der Waals surface area contributed by atoms with Crippen molar-refractivity contribution in [3.63, 3.8) is 0 Å². The SMILES string of the molecule is CCCCCCCCCCCCCCCCCCCCCCCCCCCCSCCCCCCCCCCCCC. The van der Waals surface area contributed by atoms with Crippen molar-refractivity contribution in [2.75, 3.05) is 11.5 Å². The van der Waals surface area contributed by atoms with Gasteiger partial charge in [-0.2, -0.15) is 11.8 Å². The Kier molecular flexibility index (Phi) is 41.7. The van der Waals surface area contributed by atoms with Crippen LogP contribution in [0, 0.1) is 0 Å². The molecule has 0 bridgehead atoms. The van der Waals surface area contributed by atoms with E-state index in [1.807, 2.05) is 0 Å². The molecule has 0 aromatic heterocycles. The Morgan fingerprint density at radius 2 is 0.333 bits per heavy atom. The topological polar surface area (TPSA) is 0 Å². The van der Waals surface area contributed by atoms with Crippen molar-refractivity contribution in [3.05, 3.63) is 0 Å². The van der Waals surface area contributed by atoms with Crippen LogP contribution < -0.4 is 0 Å². The normalized spacial score (nSPS) is 11.6. The minimum Gasteiger partial charge on any atom is -0.162 e. The molecule has 0 rings (SSSR count). The van der Waals surface area contributed by atoms with Gasteiger partial charge in [-0.25, -0.2) is 0 Å². The molecule has 0 heterocycles. The van der Waals surface area contributed by atoms with Gasteiger partial charge in [0.2, 0.25) is 0 Å². The highest BCUT2D eigenvalue weighted by Crippen LogP contribution is 2.17. The lowest BCUT2D eigenvalue weighted by Gasteiger charge is -2.05. The average Bonchev–Trinajstić information content (AvgIpc) is 3.00. The zero-order valence-electron chi connectivity index (χ0n) is 30.0. The lowest BCUT2D eigenvalue weighted by molar-refractivity contribution is 0.516. The van der Waals surface area contributed by atoms with Crippen LogP contribution in [0.15, 0.2) is 0 Å². The predicted molar refractivity (Wildman–Crippen MR) is 200 cm³/mol. The van der Waals surface area contributed by atoms with Crippen molar-refractivity contribution in [1.82, 2.24) is 0 Å². The molecule has 0 aliphatic carbocycles. The molecule has 0 saturated heterocycles. The number of thioether (sulfide) groups is 1. The molecule has 0 atom stereocenters. The van der Waals surface area contributed by atoms with Crippen LogP contribution in [0.4, 0.5) is 0 Å². The summed E-state index contributed by atoms with van der Waals surface area (Å²) in [6, 6.07) is 0. The van der Waals surface area contributed by atoms with Gasteiger partial charge in [0.15, 0.2) is 0 Å². The summed E-state index contributed by atoms with van der Waals surface area (Å²) in [6.07, 6.45) is 54.7. The second kappa shape index (κ2) is 41.4. The van der Waals surface area contributed by atoms with Gasteiger partial charge in [-0.1, -0.05) is 239 Å². The van der Waals surface area contributed by atoms with Gasteiger partial charge >= 0.3 is 0 Å². The van der Waals surface area contributed by atoms with Crippen molar-refractivity contribution in [3.8, 4) is 0 Å². The molecule has 0 fully saturated rings. The Balaban J connectivity index is 3.02. The summed E-state index contributed by atoms with van der Waals surface area (Å²) in [5, 5.41) is 0. The summed E-state index contributed by atoms with van der Waals surface area (Å²) in [6.45, 7) is 4.62. The number of rotatable bonds is 39. The van der Waals surface area contributed by atoms with E-state index in [1.54, 1.807) is 0 Å². The largest absolute Gasteiger partial charge is 0.162 e. The molecule has 0 N–H and O–H groups in total. The van der Waals surface area contributed by atoms with Crippen LogP contribution in [0.3, 0.4) is 0 Å². The van der Waals surface area contributed by atoms with E-state index in [-0.39, 0.29) is 0 Å². The van der Waals surface area contributed by atoms with Crippen LogP contribution in [0.5, 0.6) is 0 Å². The van der Waals surface area contributed by atoms with Crippen molar-refractivity contribution < 1.29 is 0 Å². The van der Waals surface area contributed by atoms with Gasteiger partial charge in [0.25, 0.3) is 0 Å². The predicted octanol–water partition coefficient (Wildman–Crippen LogP) is 16.2. The molecule has 254 valence electrons. The Labute approximate surface area is 273 Å². The zero-order chi connectivity index (χ0) is 30.3. The van der Waals surface area contributed by atoms with Crippen LogP contribution in [0.1, 0.15) is 251 Å². The molecule has 0 nitrogen and oxygen atoms in total. The van der Waals surface area contributed by atoms with Gasteiger partial charge in [-0.05, 0) is 24.3 Å². The monoisotopic (exact) mass is 609 g/mol. The molecule has 0 amide bonds. The maximum Gasteiger partial charge on any atom is -0.00675 e. The summed E-state index contributed by atoms with van der Waals surface area (Å²) >= 11 is 2.23. The molecule has 0 aromatic carbocycles. The number of unbranched alkanes of at least 4 members (excludes halogenated alkanes) is 35. The second-order valence-corrected chi connectivity index (χ2v) is 15.2. The van der Waals surface area contributed by atoms with E-state index in [2.05, 4.69) is 25.6 Å². The first-order valence-electron chi connectivity index (χ1n) is 20.5. The Morgan fingerprint density at radius 3 is 0.500 bits per heavy atom. The fourth-order valence-corrected chi connectivity index (χ4v) is 7.51. The lowest BCUT2D eigenvalue weighted by atomic mass is 10.0.